The zero-order chi connectivity index (χ0) is 18.0. The van der Waals surface area contributed by atoms with Gasteiger partial charge in [-0.25, -0.2) is 0 Å². The first kappa shape index (κ1) is 16.4. The third kappa shape index (κ3) is 2.97. The van der Waals surface area contributed by atoms with Crippen LogP contribution in [0.1, 0.15) is 53.7 Å². The number of nitriles is 1. The molecule has 1 amide bonds. The van der Waals surface area contributed by atoms with Gasteiger partial charge in [0, 0.05) is 10.9 Å². The van der Waals surface area contributed by atoms with E-state index in [9.17, 15) is 4.79 Å². The smallest absolute Gasteiger partial charge is 0.268 e. The Kier molecular flexibility index (Phi) is 4.22. The average Bonchev–Trinajstić information content (AvgIpc) is 3.13. The van der Waals surface area contributed by atoms with Gasteiger partial charge in [-0.1, -0.05) is 49.6 Å². The quantitative estimate of drug-likeness (QED) is 0.728. The van der Waals surface area contributed by atoms with Crippen molar-refractivity contribution < 1.29 is 4.79 Å². The summed E-state index contributed by atoms with van der Waals surface area (Å²) in [5.74, 6) is -0.0922. The highest BCUT2D eigenvalue weighted by Crippen LogP contribution is 2.37. The molecular weight excluding hydrogens is 322 g/mol. The van der Waals surface area contributed by atoms with Crippen molar-refractivity contribution in [3.05, 3.63) is 71.4 Å². The summed E-state index contributed by atoms with van der Waals surface area (Å²) >= 11 is 0. The van der Waals surface area contributed by atoms with Gasteiger partial charge in [-0.3, -0.25) is 4.79 Å². The monoisotopic (exact) mass is 343 g/mol. The van der Waals surface area contributed by atoms with Crippen molar-refractivity contribution >= 4 is 16.8 Å². The molecule has 4 rings (SSSR count). The maximum atomic E-state index is 13.0. The summed E-state index contributed by atoms with van der Waals surface area (Å²) in [5.41, 5.74) is 2.88. The molecular formula is C22H21N3O. The SMILES string of the molecule is N#Cc1ccc2[nH]c(C(=O)NC3(c4ccccc4)CCCCC3)cc2c1. The Bertz CT molecular complexity index is 976. The van der Waals surface area contributed by atoms with Gasteiger partial charge in [0.15, 0.2) is 0 Å². The normalized spacial score (nSPS) is 16.1. The third-order valence-corrected chi connectivity index (χ3v) is 5.38. The molecule has 1 saturated carbocycles. The molecule has 0 aliphatic heterocycles. The number of amides is 1. The van der Waals surface area contributed by atoms with Crippen LogP contribution >= 0.6 is 0 Å². The molecule has 1 heterocycles. The third-order valence-electron chi connectivity index (χ3n) is 5.38. The largest absolute Gasteiger partial charge is 0.351 e. The highest BCUT2D eigenvalue weighted by molar-refractivity contribution is 5.98. The zero-order valence-corrected chi connectivity index (χ0v) is 14.6. The summed E-state index contributed by atoms with van der Waals surface area (Å²) < 4.78 is 0. The topological polar surface area (TPSA) is 68.7 Å². The number of aromatic nitrogens is 1. The van der Waals surface area contributed by atoms with E-state index in [-0.39, 0.29) is 11.4 Å². The Morgan fingerprint density at radius 1 is 1.04 bits per heavy atom. The molecule has 2 N–H and O–H groups in total. The van der Waals surface area contributed by atoms with Gasteiger partial charge in [-0.2, -0.15) is 5.26 Å². The summed E-state index contributed by atoms with van der Waals surface area (Å²) in [6.45, 7) is 0. The predicted octanol–water partition coefficient (Wildman–Crippen LogP) is 4.63. The molecule has 130 valence electrons. The Morgan fingerprint density at radius 3 is 2.54 bits per heavy atom. The summed E-state index contributed by atoms with van der Waals surface area (Å²) in [6.07, 6.45) is 5.37. The van der Waals surface area contributed by atoms with Crippen molar-refractivity contribution in [2.45, 2.75) is 37.6 Å². The lowest BCUT2D eigenvalue weighted by atomic mass is 9.76. The van der Waals surface area contributed by atoms with E-state index >= 15 is 0 Å². The minimum atomic E-state index is -0.300. The second kappa shape index (κ2) is 6.68. The van der Waals surface area contributed by atoms with Crippen molar-refractivity contribution in [1.82, 2.24) is 10.3 Å². The number of nitrogens with one attached hydrogen (secondary N) is 2. The van der Waals surface area contributed by atoms with E-state index in [2.05, 4.69) is 28.5 Å². The highest BCUT2D eigenvalue weighted by atomic mass is 16.2. The predicted molar refractivity (Wildman–Crippen MR) is 102 cm³/mol. The van der Waals surface area contributed by atoms with Crippen molar-refractivity contribution in [2.24, 2.45) is 0 Å². The highest BCUT2D eigenvalue weighted by Gasteiger charge is 2.35. The molecule has 1 aliphatic rings. The molecule has 4 heteroatoms. The van der Waals surface area contributed by atoms with Crippen molar-refractivity contribution in [3.63, 3.8) is 0 Å². The molecule has 0 atom stereocenters. The second-order valence-corrected chi connectivity index (χ2v) is 7.06. The van der Waals surface area contributed by atoms with E-state index in [1.165, 1.54) is 12.0 Å². The van der Waals surface area contributed by atoms with Crippen LogP contribution in [0.15, 0.2) is 54.6 Å². The number of carbonyl (C=O) groups is 1. The first-order chi connectivity index (χ1) is 12.7. The fourth-order valence-electron chi connectivity index (χ4n) is 4.01. The summed E-state index contributed by atoms with van der Waals surface area (Å²) in [6, 6.07) is 19.7. The standard InChI is InChI=1S/C22H21N3O/c23-15-16-9-10-19-17(13-16)14-20(24-19)21(26)25-22(11-5-2-6-12-22)18-7-3-1-4-8-18/h1,3-4,7-10,13-14,24H,2,5-6,11-12H2,(H,25,26). The van der Waals surface area contributed by atoms with Crippen LogP contribution in [0.3, 0.4) is 0 Å². The van der Waals surface area contributed by atoms with Crippen LogP contribution in [0, 0.1) is 11.3 Å². The molecule has 0 saturated heterocycles. The summed E-state index contributed by atoms with van der Waals surface area (Å²) in [4.78, 5) is 16.2. The van der Waals surface area contributed by atoms with Gasteiger partial charge in [-0.15, -0.1) is 0 Å². The van der Waals surface area contributed by atoms with E-state index in [1.807, 2.05) is 30.3 Å². The molecule has 4 nitrogen and oxygen atoms in total. The van der Waals surface area contributed by atoms with Crippen LogP contribution in [0.4, 0.5) is 0 Å². The second-order valence-electron chi connectivity index (χ2n) is 7.06. The van der Waals surface area contributed by atoms with Crippen LogP contribution in [0.2, 0.25) is 0 Å². The number of nitrogens with zero attached hydrogens (tertiary/aromatic N) is 1. The number of aromatic amines is 1. The lowest BCUT2D eigenvalue weighted by molar-refractivity contribution is 0.0862. The molecule has 26 heavy (non-hydrogen) atoms. The van der Waals surface area contributed by atoms with Gasteiger partial charge in [-0.05, 0) is 42.7 Å². The van der Waals surface area contributed by atoms with Gasteiger partial charge in [0.05, 0.1) is 17.2 Å². The number of benzene rings is 2. The van der Waals surface area contributed by atoms with Crippen molar-refractivity contribution in [1.29, 1.82) is 5.26 Å². The van der Waals surface area contributed by atoms with E-state index in [0.29, 0.717) is 11.3 Å². The molecule has 3 aromatic rings. The van der Waals surface area contributed by atoms with Crippen molar-refractivity contribution in [3.8, 4) is 6.07 Å². The average molecular weight is 343 g/mol. The Morgan fingerprint density at radius 2 is 1.81 bits per heavy atom. The van der Waals surface area contributed by atoms with E-state index in [1.54, 1.807) is 12.1 Å². The van der Waals surface area contributed by atoms with Gasteiger partial charge in [0.1, 0.15) is 5.69 Å². The van der Waals surface area contributed by atoms with Gasteiger partial charge >= 0.3 is 0 Å². The van der Waals surface area contributed by atoms with Crippen LogP contribution in [0.5, 0.6) is 0 Å². The first-order valence-electron chi connectivity index (χ1n) is 9.11. The number of carbonyl (C=O) groups excluding carboxylic acids is 1. The molecule has 1 fully saturated rings. The van der Waals surface area contributed by atoms with E-state index in [4.69, 9.17) is 5.26 Å². The molecule has 0 spiro atoms. The van der Waals surface area contributed by atoms with E-state index in [0.717, 1.165) is 36.6 Å². The lowest BCUT2D eigenvalue weighted by Gasteiger charge is -2.38. The van der Waals surface area contributed by atoms with Gasteiger partial charge in [0.25, 0.3) is 5.91 Å². The molecule has 0 unspecified atom stereocenters. The molecule has 1 aliphatic carbocycles. The van der Waals surface area contributed by atoms with Gasteiger partial charge < -0.3 is 10.3 Å². The first-order valence-corrected chi connectivity index (χ1v) is 9.11. The van der Waals surface area contributed by atoms with Crippen LogP contribution < -0.4 is 5.32 Å². The molecule has 0 radical (unpaired) electrons. The summed E-state index contributed by atoms with van der Waals surface area (Å²) in [7, 11) is 0. The number of H-pyrrole nitrogens is 1. The lowest BCUT2D eigenvalue weighted by Crippen LogP contribution is -2.47. The van der Waals surface area contributed by atoms with Crippen LogP contribution in [-0.4, -0.2) is 10.9 Å². The number of hydrogen-bond donors (Lipinski definition) is 2. The fourth-order valence-corrected chi connectivity index (χ4v) is 4.01. The Labute approximate surface area is 152 Å². The zero-order valence-electron chi connectivity index (χ0n) is 14.6. The van der Waals surface area contributed by atoms with Crippen molar-refractivity contribution in [2.75, 3.05) is 0 Å². The number of fused-ring (bicyclic) bond motifs is 1. The molecule has 0 bridgehead atoms. The molecule has 1 aromatic heterocycles. The van der Waals surface area contributed by atoms with Gasteiger partial charge in [0.2, 0.25) is 0 Å². The number of rotatable bonds is 3. The minimum Gasteiger partial charge on any atom is -0.351 e. The number of hydrogen-bond acceptors (Lipinski definition) is 2. The maximum Gasteiger partial charge on any atom is 0.268 e. The summed E-state index contributed by atoms with van der Waals surface area (Å²) in [5, 5.41) is 13.3. The van der Waals surface area contributed by atoms with E-state index < -0.39 is 0 Å². The minimum absolute atomic E-state index is 0.0922. The maximum absolute atomic E-state index is 13.0. The van der Waals surface area contributed by atoms with Crippen LogP contribution in [-0.2, 0) is 5.54 Å². The van der Waals surface area contributed by atoms with Crippen LogP contribution in [0.25, 0.3) is 10.9 Å². The Hall–Kier alpha value is -3.06. The molecule has 2 aromatic carbocycles. The fraction of sp³-hybridized carbons (Fsp3) is 0.273. The Balaban J connectivity index is 1.66.